The average molecular weight is 304 g/mol. The van der Waals surface area contributed by atoms with Crippen molar-refractivity contribution >= 4 is 17.7 Å². The molecule has 0 bridgehead atoms. The Morgan fingerprint density at radius 3 is 2.90 bits per heavy atom. The van der Waals surface area contributed by atoms with Gasteiger partial charge in [0, 0.05) is 17.0 Å². The molecule has 4 nitrogen and oxygen atoms in total. The predicted octanol–water partition coefficient (Wildman–Crippen LogP) is 3.48. The molecule has 2 aromatic rings. The van der Waals surface area contributed by atoms with E-state index in [1.807, 2.05) is 6.07 Å². The first-order chi connectivity index (χ1) is 10.1. The number of hydrogen-bond donors (Lipinski definition) is 1. The van der Waals surface area contributed by atoms with Gasteiger partial charge in [-0.1, -0.05) is 6.07 Å². The highest BCUT2D eigenvalue weighted by Crippen LogP contribution is 2.40. The first-order valence-corrected chi connectivity index (χ1v) is 7.59. The average Bonchev–Trinajstić information content (AvgIpc) is 3.29. The minimum Gasteiger partial charge on any atom is -0.478 e. The van der Waals surface area contributed by atoms with Crippen molar-refractivity contribution < 1.29 is 14.3 Å². The van der Waals surface area contributed by atoms with Gasteiger partial charge in [-0.3, -0.25) is 0 Å². The molecule has 0 spiro atoms. The summed E-state index contributed by atoms with van der Waals surface area (Å²) < 4.78 is 13.1. The van der Waals surface area contributed by atoms with E-state index in [0.29, 0.717) is 17.3 Å². The molecule has 1 aromatic heterocycles. The van der Waals surface area contributed by atoms with E-state index in [1.165, 1.54) is 30.1 Å². The third-order valence-electron chi connectivity index (χ3n) is 3.23. The zero-order valence-electron chi connectivity index (χ0n) is 11.1. The van der Waals surface area contributed by atoms with Crippen molar-refractivity contribution in [1.29, 1.82) is 0 Å². The first kappa shape index (κ1) is 14.0. The molecule has 1 saturated carbocycles. The van der Waals surface area contributed by atoms with Crippen LogP contribution in [0.2, 0.25) is 0 Å². The number of carboxylic acid groups (broad SMARTS) is 1. The number of halogens is 1. The second kappa shape index (κ2) is 5.81. The van der Waals surface area contributed by atoms with Gasteiger partial charge < -0.3 is 5.11 Å². The van der Waals surface area contributed by atoms with E-state index in [1.54, 1.807) is 6.07 Å². The third kappa shape index (κ3) is 3.39. The zero-order valence-corrected chi connectivity index (χ0v) is 11.9. The van der Waals surface area contributed by atoms with Crippen LogP contribution in [0.4, 0.5) is 4.39 Å². The Morgan fingerprint density at radius 1 is 1.43 bits per heavy atom. The van der Waals surface area contributed by atoms with Crippen LogP contribution in [0.25, 0.3) is 0 Å². The second-order valence-corrected chi connectivity index (χ2v) is 5.96. The van der Waals surface area contributed by atoms with Crippen LogP contribution in [0.15, 0.2) is 35.4 Å². The lowest BCUT2D eigenvalue weighted by Gasteiger charge is -2.06. The summed E-state index contributed by atoms with van der Waals surface area (Å²) in [5, 5.41) is 9.14. The number of hydrogen-bond acceptors (Lipinski definition) is 4. The van der Waals surface area contributed by atoms with Crippen molar-refractivity contribution in [2.45, 2.75) is 29.4 Å². The smallest absolute Gasteiger partial charge is 0.339 e. The fraction of sp³-hybridized carbons (Fsp3) is 0.267. The molecule has 1 N–H and O–H groups in total. The van der Waals surface area contributed by atoms with Crippen molar-refractivity contribution in [1.82, 2.24) is 9.97 Å². The van der Waals surface area contributed by atoms with Crippen LogP contribution in [-0.2, 0) is 5.75 Å². The number of rotatable bonds is 5. The molecular formula is C15H13FN2O2S. The number of aromatic carboxylic acids is 1. The van der Waals surface area contributed by atoms with Gasteiger partial charge in [0.2, 0.25) is 0 Å². The normalized spacial score (nSPS) is 14.1. The fourth-order valence-corrected chi connectivity index (χ4v) is 2.85. The number of aromatic nitrogens is 2. The van der Waals surface area contributed by atoms with E-state index in [4.69, 9.17) is 5.11 Å². The van der Waals surface area contributed by atoms with E-state index >= 15 is 0 Å². The molecule has 21 heavy (non-hydrogen) atoms. The highest BCUT2D eigenvalue weighted by atomic mass is 32.2. The quantitative estimate of drug-likeness (QED) is 0.857. The Kier molecular flexibility index (Phi) is 3.88. The SMILES string of the molecule is O=C(O)c1cnc(CSc2cccc(F)c2)nc1C1CC1. The van der Waals surface area contributed by atoms with Gasteiger partial charge in [-0.05, 0) is 31.0 Å². The summed E-state index contributed by atoms with van der Waals surface area (Å²) in [4.78, 5) is 20.4. The number of nitrogens with zero attached hydrogens (tertiary/aromatic N) is 2. The Morgan fingerprint density at radius 2 is 2.24 bits per heavy atom. The highest BCUT2D eigenvalue weighted by Gasteiger charge is 2.30. The lowest BCUT2D eigenvalue weighted by atomic mass is 10.1. The molecule has 6 heteroatoms. The monoisotopic (exact) mass is 304 g/mol. The molecule has 0 radical (unpaired) electrons. The molecular weight excluding hydrogens is 291 g/mol. The van der Waals surface area contributed by atoms with Gasteiger partial charge in [0.15, 0.2) is 0 Å². The van der Waals surface area contributed by atoms with Crippen LogP contribution in [0.3, 0.4) is 0 Å². The number of carboxylic acids is 1. The summed E-state index contributed by atoms with van der Waals surface area (Å²) in [7, 11) is 0. The highest BCUT2D eigenvalue weighted by molar-refractivity contribution is 7.98. The van der Waals surface area contributed by atoms with Crippen molar-refractivity contribution in [2.75, 3.05) is 0 Å². The van der Waals surface area contributed by atoms with Gasteiger partial charge in [0.05, 0.1) is 17.0 Å². The van der Waals surface area contributed by atoms with Crippen LogP contribution < -0.4 is 0 Å². The maximum absolute atomic E-state index is 13.1. The minimum absolute atomic E-state index is 0.192. The number of thioether (sulfide) groups is 1. The largest absolute Gasteiger partial charge is 0.478 e. The molecule has 1 aliphatic rings. The standard InChI is InChI=1S/C15H13FN2O2S/c16-10-2-1-3-11(6-10)21-8-13-17-7-12(15(19)20)14(18-13)9-4-5-9/h1-3,6-7,9H,4-5,8H2,(H,19,20). The van der Waals surface area contributed by atoms with Gasteiger partial charge in [0.1, 0.15) is 11.6 Å². The van der Waals surface area contributed by atoms with Gasteiger partial charge in [-0.15, -0.1) is 11.8 Å². The van der Waals surface area contributed by atoms with Gasteiger partial charge in [0.25, 0.3) is 0 Å². The topological polar surface area (TPSA) is 63.1 Å². The molecule has 0 aliphatic heterocycles. The van der Waals surface area contributed by atoms with Crippen molar-refractivity contribution in [2.24, 2.45) is 0 Å². The molecule has 0 unspecified atom stereocenters. The molecule has 0 amide bonds. The number of carbonyl (C=O) groups is 1. The summed E-state index contributed by atoms with van der Waals surface area (Å²) >= 11 is 1.43. The lowest BCUT2D eigenvalue weighted by molar-refractivity contribution is 0.0694. The molecule has 1 fully saturated rings. The van der Waals surface area contributed by atoms with E-state index in [0.717, 1.165) is 17.7 Å². The van der Waals surface area contributed by atoms with Crippen LogP contribution >= 0.6 is 11.8 Å². The zero-order chi connectivity index (χ0) is 14.8. The predicted molar refractivity (Wildman–Crippen MR) is 76.9 cm³/mol. The molecule has 108 valence electrons. The minimum atomic E-state index is -0.985. The molecule has 0 atom stereocenters. The molecule has 1 aliphatic carbocycles. The van der Waals surface area contributed by atoms with Gasteiger partial charge >= 0.3 is 5.97 Å². The van der Waals surface area contributed by atoms with Gasteiger partial charge in [-0.2, -0.15) is 0 Å². The van der Waals surface area contributed by atoms with Crippen LogP contribution in [0.1, 0.15) is 40.6 Å². The Hall–Kier alpha value is -1.95. The summed E-state index contributed by atoms with van der Waals surface area (Å²) in [6.45, 7) is 0. The molecule has 1 heterocycles. The Labute approximate surface area is 125 Å². The Balaban J connectivity index is 1.77. The molecule has 1 aromatic carbocycles. The van der Waals surface area contributed by atoms with E-state index in [9.17, 15) is 9.18 Å². The summed E-state index contributed by atoms with van der Waals surface area (Å²) in [6, 6.07) is 6.33. The summed E-state index contributed by atoms with van der Waals surface area (Å²) in [5.41, 5.74) is 0.823. The molecule has 3 rings (SSSR count). The van der Waals surface area contributed by atoms with Crippen molar-refractivity contribution in [3.63, 3.8) is 0 Å². The maximum Gasteiger partial charge on any atom is 0.339 e. The second-order valence-electron chi connectivity index (χ2n) is 4.91. The number of benzene rings is 1. The maximum atomic E-state index is 13.1. The van der Waals surface area contributed by atoms with Crippen LogP contribution in [0, 0.1) is 5.82 Å². The Bertz CT molecular complexity index is 689. The first-order valence-electron chi connectivity index (χ1n) is 6.61. The molecule has 0 saturated heterocycles. The van der Waals surface area contributed by atoms with Crippen LogP contribution in [0.5, 0.6) is 0 Å². The fourth-order valence-electron chi connectivity index (χ4n) is 2.04. The summed E-state index contributed by atoms with van der Waals surface area (Å²) in [6.07, 6.45) is 3.34. The van der Waals surface area contributed by atoms with Crippen molar-refractivity contribution in [3.05, 3.63) is 53.4 Å². The lowest BCUT2D eigenvalue weighted by Crippen LogP contribution is -2.07. The van der Waals surface area contributed by atoms with E-state index in [-0.39, 0.29) is 17.3 Å². The van der Waals surface area contributed by atoms with Gasteiger partial charge in [-0.25, -0.2) is 19.2 Å². The van der Waals surface area contributed by atoms with E-state index in [2.05, 4.69) is 9.97 Å². The van der Waals surface area contributed by atoms with E-state index < -0.39 is 5.97 Å². The van der Waals surface area contributed by atoms with Crippen molar-refractivity contribution in [3.8, 4) is 0 Å². The third-order valence-corrected chi connectivity index (χ3v) is 4.22. The summed E-state index contributed by atoms with van der Waals surface area (Å²) in [5.74, 6) is 0.0542. The van der Waals surface area contributed by atoms with Crippen LogP contribution in [-0.4, -0.2) is 21.0 Å².